The van der Waals surface area contributed by atoms with Crippen molar-refractivity contribution in [1.82, 2.24) is 0 Å². The lowest BCUT2D eigenvalue weighted by molar-refractivity contribution is -0.145. The third-order valence-electron chi connectivity index (χ3n) is 6.00. The van der Waals surface area contributed by atoms with Gasteiger partial charge in [0.25, 0.3) is 0 Å². The van der Waals surface area contributed by atoms with Gasteiger partial charge in [0, 0.05) is 12.8 Å². The number of carbonyl (C=O) groups excluding carboxylic acids is 2. The lowest BCUT2D eigenvalue weighted by Crippen LogP contribution is -2.17. The highest BCUT2D eigenvalue weighted by atomic mass is 16.5. The van der Waals surface area contributed by atoms with E-state index >= 15 is 0 Å². The molecule has 0 aliphatic carbocycles. The minimum absolute atomic E-state index is 0.0954. The van der Waals surface area contributed by atoms with Crippen molar-refractivity contribution < 1.29 is 14.3 Å². The Morgan fingerprint density at radius 1 is 0.724 bits per heavy atom. The van der Waals surface area contributed by atoms with Crippen molar-refractivity contribution in [2.45, 2.75) is 137 Å². The first-order valence-corrected chi connectivity index (χ1v) is 12.6. The van der Waals surface area contributed by atoms with Crippen molar-refractivity contribution in [1.29, 1.82) is 0 Å². The van der Waals surface area contributed by atoms with Gasteiger partial charge in [-0.05, 0) is 31.6 Å². The van der Waals surface area contributed by atoms with Crippen LogP contribution in [0.4, 0.5) is 0 Å². The van der Waals surface area contributed by atoms with Crippen LogP contribution in [0.1, 0.15) is 137 Å². The zero-order valence-electron chi connectivity index (χ0n) is 20.1. The Balaban J connectivity index is 3.44. The number of rotatable bonds is 21. The molecule has 0 aliphatic heterocycles. The summed E-state index contributed by atoms with van der Waals surface area (Å²) in [6.45, 7) is 8.67. The van der Waals surface area contributed by atoms with Crippen LogP contribution in [-0.2, 0) is 14.3 Å². The summed E-state index contributed by atoms with van der Waals surface area (Å²) < 4.78 is 5.41. The van der Waals surface area contributed by atoms with E-state index in [1.165, 1.54) is 77.0 Å². The number of hydrogen-bond donors (Lipinski definition) is 0. The number of hydrogen-bond acceptors (Lipinski definition) is 3. The Labute approximate surface area is 181 Å². The van der Waals surface area contributed by atoms with E-state index < -0.39 is 0 Å². The van der Waals surface area contributed by atoms with Crippen molar-refractivity contribution in [2.75, 3.05) is 6.61 Å². The summed E-state index contributed by atoms with van der Waals surface area (Å²) in [5.74, 6) is 0.763. The first kappa shape index (κ1) is 28.1. The molecular formula is C26H50O3. The molecule has 0 aliphatic rings. The smallest absolute Gasteiger partial charge is 0.306 e. The molecule has 0 rings (SSSR count). The van der Waals surface area contributed by atoms with Crippen LogP contribution in [0.25, 0.3) is 0 Å². The fourth-order valence-electron chi connectivity index (χ4n) is 3.82. The van der Waals surface area contributed by atoms with Gasteiger partial charge in [-0.15, -0.1) is 0 Å². The van der Waals surface area contributed by atoms with Gasteiger partial charge in [-0.2, -0.15) is 0 Å². The first-order chi connectivity index (χ1) is 14.0. The molecule has 3 heteroatoms. The molecule has 0 amide bonds. The number of ketones is 1. The zero-order chi connectivity index (χ0) is 21.7. The highest BCUT2D eigenvalue weighted by molar-refractivity contribution is 5.75. The molecule has 0 fully saturated rings. The van der Waals surface area contributed by atoms with Crippen LogP contribution in [0.5, 0.6) is 0 Å². The van der Waals surface area contributed by atoms with Crippen LogP contribution in [0.3, 0.4) is 0 Å². The van der Waals surface area contributed by atoms with E-state index in [2.05, 4.69) is 20.8 Å². The fourth-order valence-corrected chi connectivity index (χ4v) is 3.82. The van der Waals surface area contributed by atoms with Gasteiger partial charge in [-0.25, -0.2) is 0 Å². The van der Waals surface area contributed by atoms with Gasteiger partial charge in [-0.3, -0.25) is 4.79 Å². The standard InChI is InChI=1S/C26H50O3/c1-5-6-7-8-9-10-11-12-13-14-15-16-17-18-21-29-26(28)22-25(23(2)3)20-19-24(4)27/h23,25H,5-22H2,1-4H3/t25-/m1/s1. The van der Waals surface area contributed by atoms with Gasteiger partial charge in [0.2, 0.25) is 0 Å². The van der Waals surface area contributed by atoms with Crippen molar-refractivity contribution in [3.63, 3.8) is 0 Å². The summed E-state index contributed by atoms with van der Waals surface area (Å²) in [4.78, 5) is 23.2. The Morgan fingerprint density at radius 2 is 1.17 bits per heavy atom. The van der Waals surface area contributed by atoms with Crippen LogP contribution in [-0.4, -0.2) is 18.4 Å². The molecule has 0 aromatic rings. The molecule has 1 atom stereocenters. The second kappa shape index (κ2) is 20.4. The van der Waals surface area contributed by atoms with E-state index in [-0.39, 0.29) is 17.7 Å². The van der Waals surface area contributed by atoms with Crippen LogP contribution in [0.15, 0.2) is 0 Å². The Hall–Kier alpha value is -0.860. The molecule has 29 heavy (non-hydrogen) atoms. The minimum Gasteiger partial charge on any atom is -0.466 e. The fraction of sp³-hybridized carbons (Fsp3) is 0.923. The molecule has 0 aromatic carbocycles. The van der Waals surface area contributed by atoms with Gasteiger partial charge < -0.3 is 9.53 Å². The van der Waals surface area contributed by atoms with Gasteiger partial charge in [-0.1, -0.05) is 104 Å². The second-order valence-corrected chi connectivity index (χ2v) is 9.27. The Bertz CT molecular complexity index is 389. The molecular weight excluding hydrogens is 360 g/mol. The molecule has 0 saturated heterocycles. The highest BCUT2D eigenvalue weighted by Gasteiger charge is 2.18. The normalized spacial score (nSPS) is 12.3. The number of carbonyl (C=O) groups is 2. The molecule has 0 heterocycles. The summed E-state index contributed by atoms with van der Waals surface area (Å²) in [5.41, 5.74) is 0. The monoisotopic (exact) mass is 410 g/mol. The minimum atomic E-state index is -0.0954. The average Bonchev–Trinajstić information content (AvgIpc) is 2.67. The van der Waals surface area contributed by atoms with Crippen molar-refractivity contribution in [2.24, 2.45) is 11.8 Å². The zero-order valence-corrected chi connectivity index (χ0v) is 20.1. The largest absolute Gasteiger partial charge is 0.466 e. The van der Waals surface area contributed by atoms with Crippen LogP contribution in [0, 0.1) is 11.8 Å². The lowest BCUT2D eigenvalue weighted by Gasteiger charge is -2.19. The molecule has 172 valence electrons. The molecule has 3 nitrogen and oxygen atoms in total. The summed E-state index contributed by atoms with van der Waals surface area (Å²) >= 11 is 0. The molecule has 0 saturated carbocycles. The second-order valence-electron chi connectivity index (χ2n) is 9.27. The van der Waals surface area contributed by atoms with Gasteiger partial charge in [0.1, 0.15) is 5.78 Å². The van der Waals surface area contributed by atoms with E-state index in [1.807, 2.05) is 0 Å². The Morgan fingerprint density at radius 3 is 1.59 bits per heavy atom. The maximum atomic E-state index is 12.0. The molecule has 0 N–H and O–H groups in total. The lowest BCUT2D eigenvalue weighted by atomic mass is 9.88. The van der Waals surface area contributed by atoms with E-state index in [9.17, 15) is 9.59 Å². The molecule has 0 spiro atoms. The third-order valence-corrected chi connectivity index (χ3v) is 6.00. The third kappa shape index (κ3) is 20.2. The number of esters is 1. The highest BCUT2D eigenvalue weighted by Crippen LogP contribution is 2.22. The SMILES string of the molecule is CCCCCCCCCCCCCCCCOC(=O)C[C@@H](CCC(C)=O)C(C)C. The maximum absolute atomic E-state index is 12.0. The van der Waals surface area contributed by atoms with Gasteiger partial charge in [0.15, 0.2) is 0 Å². The van der Waals surface area contributed by atoms with Crippen LogP contribution < -0.4 is 0 Å². The summed E-state index contributed by atoms with van der Waals surface area (Å²) in [7, 11) is 0. The van der Waals surface area contributed by atoms with Crippen LogP contribution >= 0.6 is 0 Å². The van der Waals surface area contributed by atoms with E-state index in [4.69, 9.17) is 4.74 Å². The summed E-state index contributed by atoms with van der Waals surface area (Å²) in [6, 6.07) is 0. The maximum Gasteiger partial charge on any atom is 0.306 e. The quantitative estimate of drug-likeness (QED) is 0.142. The average molecular weight is 411 g/mol. The first-order valence-electron chi connectivity index (χ1n) is 12.6. The van der Waals surface area contributed by atoms with Gasteiger partial charge in [0.05, 0.1) is 6.61 Å². The van der Waals surface area contributed by atoms with E-state index in [0.29, 0.717) is 25.4 Å². The number of unbranched alkanes of at least 4 members (excludes halogenated alkanes) is 13. The number of ether oxygens (including phenoxy) is 1. The molecule has 0 bridgehead atoms. The van der Waals surface area contributed by atoms with Gasteiger partial charge >= 0.3 is 5.97 Å². The summed E-state index contributed by atoms with van der Waals surface area (Å²) in [5, 5.41) is 0. The predicted octanol–water partition coefficient (Wildman–Crippen LogP) is 8.04. The predicted molar refractivity (Wildman–Crippen MR) is 124 cm³/mol. The van der Waals surface area contributed by atoms with Crippen molar-refractivity contribution in [3.05, 3.63) is 0 Å². The molecule has 0 radical (unpaired) electrons. The summed E-state index contributed by atoms with van der Waals surface area (Å²) in [6.07, 6.45) is 20.5. The van der Waals surface area contributed by atoms with E-state index in [1.54, 1.807) is 6.92 Å². The Kier molecular flexibility index (Phi) is 19.8. The van der Waals surface area contributed by atoms with Crippen LogP contribution in [0.2, 0.25) is 0 Å². The topological polar surface area (TPSA) is 43.4 Å². The molecule has 0 unspecified atom stereocenters. The number of Topliss-reactive ketones (excluding diaryl/α,β-unsaturated/α-hetero) is 1. The van der Waals surface area contributed by atoms with Crippen molar-refractivity contribution in [3.8, 4) is 0 Å². The van der Waals surface area contributed by atoms with Crippen molar-refractivity contribution >= 4 is 11.8 Å². The van der Waals surface area contributed by atoms with E-state index in [0.717, 1.165) is 19.3 Å². The molecule has 0 aromatic heterocycles.